The molecule has 0 bridgehead atoms. The molecule has 6 nitrogen and oxygen atoms in total. The molecule has 0 unspecified atom stereocenters. The van der Waals surface area contributed by atoms with Crippen LogP contribution in [0.3, 0.4) is 0 Å². The Balaban J connectivity index is 1.28. The van der Waals surface area contributed by atoms with Crippen LogP contribution in [0, 0.1) is 5.92 Å². The highest BCUT2D eigenvalue weighted by Crippen LogP contribution is 2.37. The first-order valence-electron chi connectivity index (χ1n) is 10.7. The minimum Gasteiger partial charge on any atom is -0.459 e. The van der Waals surface area contributed by atoms with Crippen LogP contribution >= 0.6 is 11.3 Å². The predicted molar refractivity (Wildman–Crippen MR) is 115 cm³/mol. The quantitative estimate of drug-likeness (QED) is 0.622. The fourth-order valence-corrected chi connectivity index (χ4v) is 5.72. The second kappa shape index (κ2) is 8.22. The lowest BCUT2D eigenvalue weighted by Crippen LogP contribution is -2.46. The molecule has 156 valence electrons. The Bertz CT molecular complexity index is 1000. The van der Waals surface area contributed by atoms with Crippen LogP contribution in [0.5, 0.6) is 0 Å². The summed E-state index contributed by atoms with van der Waals surface area (Å²) < 4.78 is 6.41. The standard InChI is InChI=1S/C23H25N3O3S/c27-22(16-10-13-25(14-11-16)23(28)19-8-5-15-29-19)26-12-4-3-7-18(26)21-24-17-6-1-2-9-20(17)30-21/h1-2,5-6,8-9,15-16,18H,3-4,7,10-14H2/t18-/m0/s1. The highest BCUT2D eigenvalue weighted by molar-refractivity contribution is 7.18. The van der Waals surface area contributed by atoms with Crippen molar-refractivity contribution in [2.45, 2.75) is 38.1 Å². The fourth-order valence-electron chi connectivity index (χ4n) is 4.60. The number of para-hydroxylation sites is 1. The van der Waals surface area contributed by atoms with Gasteiger partial charge in [0.05, 0.1) is 22.5 Å². The number of nitrogens with zero attached hydrogens (tertiary/aromatic N) is 3. The van der Waals surface area contributed by atoms with Gasteiger partial charge in [-0.3, -0.25) is 9.59 Å². The zero-order chi connectivity index (χ0) is 20.5. The first-order chi connectivity index (χ1) is 14.7. The van der Waals surface area contributed by atoms with E-state index in [1.165, 1.54) is 11.0 Å². The van der Waals surface area contributed by atoms with E-state index in [4.69, 9.17) is 9.40 Å². The molecule has 0 saturated carbocycles. The minimum absolute atomic E-state index is 0.0272. The number of hydrogen-bond donors (Lipinski definition) is 0. The summed E-state index contributed by atoms with van der Waals surface area (Å²) in [5.74, 6) is 0.479. The number of thiazole rings is 1. The molecule has 2 saturated heterocycles. The third kappa shape index (κ3) is 3.62. The Morgan fingerprint density at radius 1 is 1.00 bits per heavy atom. The number of amides is 2. The van der Waals surface area contributed by atoms with Crippen molar-refractivity contribution in [3.05, 3.63) is 53.4 Å². The Kier molecular flexibility index (Phi) is 5.29. The molecule has 4 heterocycles. The maximum absolute atomic E-state index is 13.4. The number of piperidine rings is 2. The van der Waals surface area contributed by atoms with Gasteiger partial charge in [0.25, 0.3) is 5.91 Å². The van der Waals surface area contributed by atoms with Gasteiger partial charge in [-0.15, -0.1) is 11.3 Å². The van der Waals surface area contributed by atoms with Gasteiger partial charge in [0.2, 0.25) is 5.91 Å². The smallest absolute Gasteiger partial charge is 0.289 e. The van der Waals surface area contributed by atoms with Crippen LogP contribution in [-0.2, 0) is 4.79 Å². The summed E-state index contributed by atoms with van der Waals surface area (Å²) in [4.78, 5) is 34.6. The van der Waals surface area contributed by atoms with Gasteiger partial charge in [0, 0.05) is 25.6 Å². The first kappa shape index (κ1) is 19.3. The summed E-state index contributed by atoms with van der Waals surface area (Å²) in [6.45, 7) is 1.98. The molecule has 2 aliphatic heterocycles. The van der Waals surface area contributed by atoms with Crippen LogP contribution in [0.2, 0.25) is 0 Å². The SMILES string of the molecule is O=C(c1ccco1)N1CCC(C(=O)N2CCCC[C@H]2c2nc3ccccc3s2)CC1. The third-order valence-electron chi connectivity index (χ3n) is 6.24. The lowest BCUT2D eigenvalue weighted by Gasteiger charge is -2.39. The molecule has 0 radical (unpaired) electrons. The van der Waals surface area contributed by atoms with Crippen LogP contribution in [-0.4, -0.2) is 46.2 Å². The fraction of sp³-hybridized carbons (Fsp3) is 0.435. The van der Waals surface area contributed by atoms with Crippen molar-refractivity contribution in [2.75, 3.05) is 19.6 Å². The largest absolute Gasteiger partial charge is 0.459 e. The summed E-state index contributed by atoms with van der Waals surface area (Å²) in [7, 11) is 0. The van der Waals surface area contributed by atoms with Gasteiger partial charge in [0.15, 0.2) is 5.76 Å². The van der Waals surface area contributed by atoms with Gasteiger partial charge in [-0.05, 0) is 56.4 Å². The molecule has 2 aromatic heterocycles. The van der Waals surface area contributed by atoms with Gasteiger partial charge < -0.3 is 14.2 Å². The van der Waals surface area contributed by atoms with E-state index >= 15 is 0 Å². The van der Waals surface area contributed by atoms with Crippen LogP contribution in [0.15, 0.2) is 47.1 Å². The summed E-state index contributed by atoms with van der Waals surface area (Å²) in [6, 6.07) is 11.7. The maximum atomic E-state index is 13.4. The van der Waals surface area contributed by atoms with E-state index in [9.17, 15) is 9.59 Å². The van der Waals surface area contributed by atoms with E-state index in [1.54, 1.807) is 28.4 Å². The van der Waals surface area contributed by atoms with Crippen molar-refractivity contribution < 1.29 is 14.0 Å². The summed E-state index contributed by atoms with van der Waals surface area (Å²) >= 11 is 1.71. The number of aromatic nitrogens is 1. The number of likely N-dealkylation sites (tertiary alicyclic amines) is 2. The van der Waals surface area contributed by atoms with E-state index in [1.807, 2.05) is 18.2 Å². The summed E-state index contributed by atoms with van der Waals surface area (Å²) in [5, 5.41) is 1.05. The van der Waals surface area contributed by atoms with Gasteiger partial charge in [-0.1, -0.05) is 12.1 Å². The molecule has 3 aromatic rings. The third-order valence-corrected chi connectivity index (χ3v) is 7.38. The number of furan rings is 1. The topological polar surface area (TPSA) is 66.7 Å². The molecular formula is C23H25N3O3S. The summed E-state index contributed by atoms with van der Waals surface area (Å²) in [5.41, 5.74) is 1.01. The zero-order valence-corrected chi connectivity index (χ0v) is 17.6. The Morgan fingerprint density at radius 2 is 1.83 bits per heavy atom. The zero-order valence-electron chi connectivity index (χ0n) is 16.8. The molecule has 2 fully saturated rings. The number of carbonyl (C=O) groups is 2. The van der Waals surface area contributed by atoms with Gasteiger partial charge in [-0.25, -0.2) is 4.98 Å². The van der Waals surface area contributed by atoms with Crippen molar-refractivity contribution in [1.29, 1.82) is 0 Å². The molecule has 2 aliphatic rings. The summed E-state index contributed by atoms with van der Waals surface area (Å²) in [6.07, 6.45) is 6.07. The van der Waals surface area contributed by atoms with E-state index in [0.29, 0.717) is 31.7 Å². The highest BCUT2D eigenvalue weighted by atomic mass is 32.1. The van der Waals surface area contributed by atoms with Crippen molar-refractivity contribution in [1.82, 2.24) is 14.8 Å². The van der Waals surface area contributed by atoms with Crippen LogP contribution < -0.4 is 0 Å². The molecule has 1 atom stereocenters. The molecule has 5 rings (SSSR count). The van der Waals surface area contributed by atoms with E-state index in [2.05, 4.69) is 11.0 Å². The van der Waals surface area contributed by atoms with Crippen LogP contribution in [0.25, 0.3) is 10.2 Å². The van der Waals surface area contributed by atoms with Gasteiger partial charge in [-0.2, -0.15) is 0 Å². The monoisotopic (exact) mass is 423 g/mol. The normalized spacial score (nSPS) is 20.6. The Labute approximate surface area is 179 Å². The molecule has 0 N–H and O–H groups in total. The molecule has 2 amide bonds. The predicted octanol–water partition coefficient (Wildman–Crippen LogP) is 4.50. The minimum atomic E-state index is -0.0868. The van der Waals surface area contributed by atoms with Crippen LogP contribution in [0.4, 0.5) is 0 Å². The number of benzene rings is 1. The Morgan fingerprint density at radius 3 is 2.60 bits per heavy atom. The average Bonchev–Trinajstić information content (AvgIpc) is 3.48. The number of carbonyl (C=O) groups excluding carboxylic acids is 2. The molecule has 1 aromatic carbocycles. The van der Waals surface area contributed by atoms with E-state index in [-0.39, 0.29) is 23.8 Å². The van der Waals surface area contributed by atoms with Crippen LogP contribution in [0.1, 0.15) is 53.7 Å². The second-order valence-corrected chi connectivity index (χ2v) is 9.17. The lowest BCUT2D eigenvalue weighted by molar-refractivity contribution is -0.141. The molecule has 7 heteroatoms. The van der Waals surface area contributed by atoms with Crippen molar-refractivity contribution in [3.8, 4) is 0 Å². The van der Waals surface area contributed by atoms with E-state index in [0.717, 1.165) is 36.3 Å². The molecule has 30 heavy (non-hydrogen) atoms. The van der Waals surface area contributed by atoms with Crippen molar-refractivity contribution in [2.24, 2.45) is 5.92 Å². The van der Waals surface area contributed by atoms with Gasteiger partial charge >= 0.3 is 0 Å². The molecular weight excluding hydrogens is 398 g/mol. The molecule has 0 aliphatic carbocycles. The first-order valence-corrected chi connectivity index (χ1v) is 11.5. The number of fused-ring (bicyclic) bond motifs is 1. The van der Waals surface area contributed by atoms with Crippen molar-refractivity contribution in [3.63, 3.8) is 0 Å². The highest BCUT2D eigenvalue weighted by Gasteiger charge is 2.36. The average molecular weight is 424 g/mol. The second-order valence-electron chi connectivity index (χ2n) is 8.11. The van der Waals surface area contributed by atoms with E-state index < -0.39 is 0 Å². The number of hydrogen-bond acceptors (Lipinski definition) is 5. The lowest BCUT2D eigenvalue weighted by atomic mass is 9.92. The molecule has 0 spiro atoms. The van der Waals surface area contributed by atoms with Gasteiger partial charge in [0.1, 0.15) is 5.01 Å². The van der Waals surface area contributed by atoms with Crippen molar-refractivity contribution >= 4 is 33.4 Å². The number of rotatable bonds is 3. The Hall–Kier alpha value is -2.67. The maximum Gasteiger partial charge on any atom is 0.289 e.